The molecule has 0 bridgehead atoms. The lowest BCUT2D eigenvalue weighted by Gasteiger charge is -2.32. The van der Waals surface area contributed by atoms with Crippen molar-refractivity contribution in [2.75, 3.05) is 27.4 Å². The Morgan fingerprint density at radius 3 is 1.78 bits per heavy atom. The molecule has 4 nitrogen and oxygen atoms in total. The first-order chi connectivity index (χ1) is 20.1. The summed E-state index contributed by atoms with van der Waals surface area (Å²) >= 11 is 0. The van der Waals surface area contributed by atoms with E-state index in [0.29, 0.717) is 12.8 Å². The molecule has 41 heavy (non-hydrogen) atoms. The normalized spacial score (nSPS) is 13.7. The van der Waals surface area contributed by atoms with Crippen molar-refractivity contribution >= 4 is 24.3 Å². The van der Waals surface area contributed by atoms with Crippen molar-refractivity contribution in [3.05, 3.63) is 130 Å². The Morgan fingerprint density at radius 1 is 0.610 bits per heavy atom. The molecule has 0 aromatic heterocycles. The molecule has 1 aliphatic carbocycles. The van der Waals surface area contributed by atoms with Crippen LogP contribution in [0.3, 0.4) is 0 Å². The quantitative estimate of drug-likeness (QED) is 0.151. The number of methoxy groups -OCH3 is 2. The average molecular weight is 545 g/mol. The van der Waals surface area contributed by atoms with Crippen molar-refractivity contribution < 1.29 is 19.7 Å². The monoisotopic (exact) mass is 544 g/mol. The Hall–Kier alpha value is -4.38. The summed E-state index contributed by atoms with van der Waals surface area (Å²) in [5.74, 6) is 1.66. The molecule has 0 saturated carbocycles. The topological polar surface area (TPSA) is 58.9 Å². The van der Waals surface area contributed by atoms with Gasteiger partial charge in [0.25, 0.3) is 0 Å². The van der Waals surface area contributed by atoms with E-state index in [-0.39, 0.29) is 13.2 Å². The number of benzene rings is 4. The van der Waals surface area contributed by atoms with Gasteiger partial charge in [0, 0.05) is 18.6 Å². The van der Waals surface area contributed by atoms with E-state index in [1.807, 2.05) is 54.6 Å². The Bertz CT molecular complexity index is 1550. The first-order valence-electron chi connectivity index (χ1n) is 13.9. The van der Waals surface area contributed by atoms with E-state index in [1.165, 1.54) is 5.56 Å². The molecule has 4 heteroatoms. The summed E-state index contributed by atoms with van der Waals surface area (Å²) in [6.45, 7) is 0.0560. The van der Waals surface area contributed by atoms with Crippen molar-refractivity contribution in [3.8, 4) is 22.6 Å². The van der Waals surface area contributed by atoms with E-state index in [0.717, 1.165) is 50.4 Å². The van der Waals surface area contributed by atoms with Crippen LogP contribution in [0.2, 0.25) is 0 Å². The average Bonchev–Trinajstić information content (AvgIpc) is 3.28. The molecule has 4 aromatic rings. The fourth-order valence-corrected chi connectivity index (χ4v) is 5.87. The minimum Gasteiger partial charge on any atom is -0.497 e. The number of ether oxygens (including phenoxy) is 2. The number of hydrogen-bond donors (Lipinski definition) is 2. The highest BCUT2D eigenvalue weighted by molar-refractivity contribution is 5.86. The summed E-state index contributed by atoms with van der Waals surface area (Å²) < 4.78 is 10.5. The van der Waals surface area contributed by atoms with Gasteiger partial charge in [-0.2, -0.15) is 0 Å². The fraction of sp³-hybridized carbons (Fsp3) is 0.189. The summed E-state index contributed by atoms with van der Waals surface area (Å²) in [4.78, 5) is 0. The van der Waals surface area contributed by atoms with E-state index < -0.39 is 5.41 Å². The van der Waals surface area contributed by atoms with Gasteiger partial charge in [0.15, 0.2) is 0 Å². The van der Waals surface area contributed by atoms with E-state index in [9.17, 15) is 10.2 Å². The highest BCUT2D eigenvalue weighted by Gasteiger charge is 2.43. The number of aliphatic hydroxyl groups excluding tert-OH is 2. The molecule has 0 unspecified atom stereocenters. The second-order valence-electron chi connectivity index (χ2n) is 10.2. The smallest absolute Gasteiger partial charge is 0.118 e. The minimum atomic E-state index is -0.487. The van der Waals surface area contributed by atoms with Gasteiger partial charge in [-0.05, 0) is 81.6 Å². The Labute approximate surface area is 242 Å². The molecule has 1 aliphatic rings. The van der Waals surface area contributed by atoms with Crippen molar-refractivity contribution in [3.63, 3.8) is 0 Å². The predicted octanol–water partition coefficient (Wildman–Crippen LogP) is 7.63. The minimum absolute atomic E-state index is 0.0280. The molecule has 0 atom stereocenters. The molecule has 4 aromatic carbocycles. The second kappa shape index (κ2) is 12.9. The molecular formula is C37H36O4. The summed E-state index contributed by atoms with van der Waals surface area (Å²) in [6.07, 6.45) is 13.5. The number of rotatable bonds is 11. The summed E-state index contributed by atoms with van der Waals surface area (Å²) in [6, 6.07) is 28.8. The Morgan fingerprint density at radius 2 is 1.17 bits per heavy atom. The lowest BCUT2D eigenvalue weighted by Crippen LogP contribution is -2.29. The first-order valence-corrected chi connectivity index (χ1v) is 13.9. The Kier molecular flexibility index (Phi) is 8.83. The van der Waals surface area contributed by atoms with Gasteiger partial charge < -0.3 is 19.7 Å². The third kappa shape index (κ3) is 5.90. The van der Waals surface area contributed by atoms with Crippen LogP contribution in [0.1, 0.15) is 46.2 Å². The maximum absolute atomic E-state index is 10.3. The highest BCUT2D eigenvalue weighted by atomic mass is 16.5. The van der Waals surface area contributed by atoms with Gasteiger partial charge in [-0.15, -0.1) is 0 Å². The van der Waals surface area contributed by atoms with Crippen LogP contribution in [0.25, 0.3) is 35.4 Å². The second-order valence-corrected chi connectivity index (χ2v) is 10.2. The summed E-state index contributed by atoms with van der Waals surface area (Å²) in [5.41, 5.74) is 8.50. The van der Waals surface area contributed by atoms with E-state index in [2.05, 4.69) is 66.8 Å². The zero-order valence-corrected chi connectivity index (χ0v) is 23.6. The molecule has 208 valence electrons. The SMILES string of the molecule is COc1ccc(/C=C/C=C/c2cccc3c2C(CCO)(CCO)c2cc(/C=C/c4ccc(OC)cc4)ccc2-3)cc1. The molecule has 0 spiro atoms. The zero-order chi connectivity index (χ0) is 28.7. The van der Waals surface area contributed by atoms with Crippen molar-refractivity contribution in [2.24, 2.45) is 0 Å². The molecular weight excluding hydrogens is 508 g/mol. The van der Waals surface area contributed by atoms with Gasteiger partial charge in [0.2, 0.25) is 0 Å². The van der Waals surface area contributed by atoms with E-state index in [1.54, 1.807) is 14.2 Å². The van der Waals surface area contributed by atoms with Crippen LogP contribution < -0.4 is 9.47 Å². The standard InChI is InChI=1S/C37H36O4/c1-40-31-17-12-27(13-18-31)6-3-4-7-30-8-5-9-34-33-21-16-29(11-10-28-14-19-32(41-2)20-15-28)26-35(33)37(22-24-38,23-25-39)36(30)34/h3-21,26,38-39H,22-25H2,1-2H3/b6-3+,7-4+,11-10+. The van der Waals surface area contributed by atoms with Crippen LogP contribution in [0, 0.1) is 0 Å². The lowest BCUT2D eigenvalue weighted by atomic mass is 9.71. The van der Waals surface area contributed by atoms with Crippen molar-refractivity contribution in [2.45, 2.75) is 18.3 Å². The van der Waals surface area contributed by atoms with Gasteiger partial charge >= 0.3 is 0 Å². The molecule has 2 N–H and O–H groups in total. The third-order valence-electron chi connectivity index (χ3n) is 7.88. The maximum atomic E-state index is 10.3. The number of hydrogen-bond acceptors (Lipinski definition) is 4. The maximum Gasteiger partial charge on any atom is 0.118 e. The van der Waals surface area contributed by atoms with Crippen molar-refractivity contribution in [1.29, 1.82) is 0 Å². The lowest BCUT2D eigenvalue weighted by molar-refractivity contribution is 0.212. The largest absolute Gasteiger partial charge is 0.497 e. The number of aliphatic hydroxyl groups is 2. The highest BCUT2D eigenvalue weighted by Crippen LogP contribution is 2.54. The number of allylic oxidation sites excluding steroid dienone is 2. The zero-order valence-electron chi connectivity index (χ0n) is 23.6. The van der Waals surface area contributed by atoms with Crippen LogP contribution in [0.4, 0.5) is 0 Å². The van der Waals surface area contributed by atoms with Crippen LogP contribution >= 0.6 is 0 Å². The predicted molar refractivity (Wildman–Crippen MR) is 169 cm³/mol. The Balaban J connectivity index is 1.50. The first kappa shape index (κ1) is 28.2. The fourth-order valence-electron chi connectivity index (χ4n) is 5.87. The third-order valence-corrected chi connectivity index (χ3v) is 7.88. The molecule has 0 fully saturated rings. The van der Waals surface area contributed by atoms with Gasteiger partial charge in [-0.25, -0.2) is 0 Å². The van der Waals surface area contributed by atoms with E-state index >= 15 is 0 Å². The van der Waals surface area contributed by atoms with Gasteiger partial charge in [0.05, 0.1) is 14.2 Å². The van der Waals surface area contributed by atoms with Crippen LogP contribution in [0.15, 0.2) is 97.1 Å². The molecule has 0 heterocycles. The van der Waals surface area contributed by atoms with Gasteiger partial charge in [-0.1, -0.05) is 97.1 Å². The van der Waals surface area contributed by atoms with Crippen LogP contribution in [-0.4, -0.2) is 37.6 Å². The van der Waals surface area contributed by atoms with E-state index in [4.69, 9.17) is 9.47 Å². The van der Waals surface area contributed by atoms with Crippen LogP contribution in [-0.2, 0) is 5.41 Å². The molecule has 0 saturated heterocycles. The van der Waals surface area contributed by atoms with Gasteiger partial charge in [-0.3, -0.25) is 0 Å². The number of fused-ring (bicyclic) bond motifs is 3. The summed E-state index contributed by atoms with van der Waals surface area (Å²) in [5, 5.41) is 20.5. The molecule has 0 amide bonds. The summed E-state index contributed by atoms with van der Waals surface area (Å²) in [7, 11) is 3.33. The van der Waals surface area contributed by atoms with Crippen LogP contribution in [0.5, 0.6) is 11.5 Å². The molecule has 5 rings (SSSR count). The van der Waals surface area contributed by atoms with Crippen molar-refractivity contribution in [1.82, 2.24) is 0 Å². The molecule has 0 aliphatic heterocycles. The van der Waals surface area contributed by atoms with Gasteiger partial charge in [0.1, 0.15) is 11.5 Å². The molecule has 0 radical (unpaired) electrons.